The fourth-order valence-electron chi connectivity index (χ4n) is 3.59. The second kappa shape index (κ2) is 6.48. The second-order valence-corrected chi connectivity index (χ2v) is 7.74. The molecule has 1 N–H and O–H groups in total. The van der Waals surface area contributed by atoms with Crippen molar-refractivity contribution in [1.29, 1.82) is 0 Å². The maximum atomic E-state index is 12.9. The zero-order valence-corrected chi connectivity index (χ0v) is 16.2. The number of halogens is 4. The van der Waals surface area contributed by atoms with Crippen LogP contribution in [0.3, 0.4) is 0 Å². The standard InChI is InChI=1S/C20H14BrF3N2O2/c1-10-5-11-6-13(21)8-15-17(11)26(10)9-16(18(15)27)19(28)25-14-4-2-3-12(7-14)20(22,23)24/h2-4,6-10H,5H2,1H3,(H,25,28)/t10-/m1/s1. The van der Waals surface area contributed by atoms with Crippen molar-refractivity contribution < 1.29 is 18.0 Å². The van der Waals surface area contributed by atoms with Gasteiger partial charge in [-0.05, 0) is 49.2 Å². The minimum absolute atomic E-state index is 0.0243. The molecule has 8 heteroatoms. The zero-order chi connectivity index (χ0) is 20.2. The summed E-state index contributed by atoms with van der Waals surface area (Å²) in [7, 11) is 0. The Morgan fingerprint density at radius 1 is 1.25 bits per heavy atom. The van der Waals surface area contributed by atoms with E-state index < -0.39 is 23.1 Å². The summed E-state index contributed by atoms with van der Waals surface area (Å²) >= 11 is 3.39. The molecule has 0 fully saturated rings. The van der Waals surface area contributed by atoms with E-state index >= 15 is 0 Å². The second-order valence-electron chi connectivity index (χ2n) is 6.83. The summed E-state index contributed by atoms with van der Waals surface area (Å²) in [5.74, 6) is -0.740. The van der Waals surface area contributed by atoms with Gasteiger partial charge in [-0.25, -0.2) is 0 Å². The summed E-state index contributed by atoms with van der Waals surface area (Å²) in [5.41, 5.74) is 0.343. The lowest BCUT2D eigenvalue weighted by Crippen LogP contribution is -2.24. The van der Waals surface area contributed by atoms with Gasteiger partial charge in [0.05, 0.1) is 11.1 Å². The number of hydrogen-bond acceptors (Lipinski definition) is 2. The molecule has 0 bridgehead atoms. The largest absolute Gasteiger partial charge is 0.416 e. The van der Waals surface area contributed by atoms with E-state index in [0.29, 0.717) is 5.39 Å². The van der Waals surface area contributed by atoms with Crippen molar-refractivity contribution in [2.45, 2.75) is 25.6 Å². The number of benzene rings is 2. The van der Waals surface area contributed by atoms with Crippen molar-refractivity contribution in [2.75, 3.05) is 5.32 Å². The Bertz CT molecular complexity index is 1180. The molecule has 1 aromatic heterocycles. The highest BCUT2D eigenvalue weighted by Gasteiger charge is 2.31. The minimum Gasteiger partial charge on any atom is -0.343 e. The van der Waals surface area contributed by atoms with Gasteiger partial charge in [0.25, 0.3) is 5.91 Å². The number of amides is 1. The average molecular weight is 451 g/mol. The van der Waals surface area contributed by atoms with Crippen LogP contribution in [0.4, 0.5) is 18.9 Å². The van der Waals surface area contributed by atoms with Gasteiger partial charge >= 0.3 is 6.18 Å². The molecule has 1 atom stereocenters. The predicted molar refractivity (Wildman–Crippen MR) is 104 cm³/mol. The van der Waals surface area contributed by atoms with Gasteiger partial charge in [0.15, 0.2) is 0 Å². The van der Waals surface area contributed by atoms with Gasteiger partial charge in [-0.3, -0.25) is 9.59 Å². The molecule has 2 aromatic carbocycles. The summed E-state index contributed by atoms with van der Waals surface area (Å²) in [6.07, 6.45) is -2.30. The van der Waals surface area contributed by atoms with Gasteiger partial charge in [-0.1, -0.05) is 22.0 Å². The van der Waals surface area contributed by atoms with Crippen molar-refractivity contribution in [3.63, 3.8) is 0 Å². The molecule has 4 nitrogen and oxygen atoms in total. The number of hydrogen-bond donors (Lipinski definition) is 1. The molecule has 0 spiro atoms. The topological polar surface area (TPSA) is 51.1 Å². The summed E-state index contributed by atoms with van der Waals surface area (Å²) in [4.78, 5) is 25.6. The lowest BCUT2D eigenvalue weighted by atomic mass is 10.1. The third kappa shape index (κ3) is 3.11. The molecular weight excluding hydrogens is 437 g/mol. The van der Waals surface area contributed by atoms with Crippen LogP contribution in [0.1, 0.15) is 34.5 Å². The van der Waals surface area contributed by atoms with Crippen LogP contribution in [0.5, 0.6) is 0 Å². The smallest absolute Gasteiger partial charge is 0.343 e. The lowest BCUT2D eigenvalue weighted by molar-refractivity contribution is -0.137. The maximum Gasteiger partial charge on any atom is 0.416 e. The Kier molecular flexibility index (Phi) is 4.33. The molecule has 0 saturated heterocycles. The number of anilines is 1. The third-order valence-electron chi connectivity index (χ3n) is 4.85. The first-order valence-corrected chi connectivity index (χ1v) is 9.30. The van der Waals surface area contributed by atoms with Crippen molar-refractivity contribution >= 4 is 38.4 Å². The number of aromatic nitrogens is 1. The highest BCUT2D eigenvalue weighted by atomic mass is 79.9. The normalized spacial score (nSPS) is 15.8. The number of nitrogens with one attached hydrogen (secondary N) is 1. The van der Waals surface area contributed by atoms with Crippen LogP contribution in [-0.4, -0.2) is 10.5 Å². The number of alkyl halides is 3. The summed E-state index contributed by atoms with van der Waals surface area (Å²) in [6.45, 7) is 1.98. The van der Waals surface area contributed by atoms with Gasteiger partial charge in [-0.15, -0.1) is 0 Å². The molecule has 0 saturated carbocycles. The Morgan fingerprint density at radius 2 is 2.00 bits per heavy atom. The number of carbonyl (C=O) groups is 1. The first-order chi connectivity index (χ1) is 13.1. The molecule has 1 amide bonds. The van der Waals surface area contributed by atoms with E-state index in [0.717, 1.165) is 34.1 Å². The Morgan fingerprint density at radius 3 is 2.71 bits per heavy atom. The zero-order valence-electron chi connectivity index (χ0n) is 14.6. The SMILES string of the molecule is C[C@@H]1Cc2cc(Br)cc3c(=O)c(C(=O)Nc4cccc(C(F)(F)F)c4)cn1c23. The van der Waals surface area contributed by atoms with Crippen LogP contribution in [0, 0.1) is 0 Å². The molecule has 1 aliphatic heterocycles. The third-order valence-corrected chi connectivity index (χ3v) is 5.31. The molecule has 2 heterocycles. The molecule has 0 unspecified atom stereocenters. The molecule has 4 rings (SSSR count). The van der Waals surface area contributed by atoms with Crippen LogP contribution in [-0.2, 0) is 12.6 Å². The van der Waals surface area contributed by atoms with Crippen molar-refractivity contribution in [2.24, 2.45) is 0 Å². The lowest BCUT2D eigenvalue weighted by Gasteiger charge is -2.13. The van der Waals surface area contributed by atoms with Gasteiger partial charge in [0.2, 0.25) is 5.43 Å². The maximum absolute atomic E-state index is 12.9. The monoisotopic (exact) mass is 450 g/mol. The van der Waals surface area contributed by atoms with Crippen LogP contribution >= 0.6 is 15.9 Å². The summed E-state index contributed by atoms with van der Waals surface area (Å²) in [6, 6.07) is 7.99. The first-order valence-electron chi connectivity index (χ1n) is 8.51. The summed E-state index contributed by atoms with van der Waals surface area (Å²) < 4.78 is 41.3. The van der Waals surface area contributed by atoms with Crippen molar-refractivity contribution in [1.82, 2.24) is 4.57 Å². The van der Waals surface area contributed by atoms with Crippen molar-refractivity contribution in [3.05, 3.63) is 74.0 Å². The molecule has 1 aliphatic rings. The number of rotatable bonds is 2. The van der Waals surface area contributed by atoms with E-state index in [1.54, 1.807) is 6.07 Å². The average Bonchev–Trinajstić information content (AvgIpc) is 2.92. The van der Waals surface area contributed by atoms with Gasteiger partial charge in [-0.2, -0.15) is 13.2 Å². The van der Waals surface area contributed by atoms with E-state index in [9.17, 15) is 22.8 Å². The predicted octanol–water partition coefficient (Wildman–Crippen LogP) is 5.15. The molecule has 3 aromatic rings. The first kappa shape index (κ1) is 18.7. The minimum atomic E-state index is -4.52. The van der Waals surface area contributed by atoms with Crippen LogP contribution in [0.2, 0.25) is 0 Å². The number of carbonyl (C=O) groups excluding carboxylic acids is 1. The Labute approximate surface area is 166 Å². The van der Waals surface area contributed by atoms with Crippen LogP contribution in [0.25, 0.3) is 10.9 Å². The van der Waals surface area contributed by atoms with Gasteiger partial charge < -0.3 is 9.88 Å². The molecule has 0 radical (unpaired) electrons. The highest BCUT2D eigenvalue weighted by molar-refractivity contribution is 9.10. The van der Waals surface area contributed by atoms with Gasteiger partial charge in [0.1, 0.15) is 5.56 Å². The molecule has 28 heavy (non-hydrogen) atoms. The Balaban J connectivity index is 1.78. The van der Waals surface area contributed by atoms with E-state index in [1.807, 2.05) is 17.6 Å². The van der Waals surface area contributed by atoms with Crippen LogP contribution in [0.15, 0.2) is 51.9 Å². The van der Waals surface area contributed by atoms with E-state index in [-0.39, 0.29) is 17.3 Å². The van der Waals surface area contributed by atoms with Gasteiger partial charge in [0, 0.05) is 27.8 Å². The van der Waals surface area contributed by atoms with E-state index in [4.69, 9.17) is 0 Å². The fourth-order valence-corrected chi connectivity index (χ4v) is 4.10. The Hall–Kier alpha value is -2.61. The van der Waals surface area contributed by atoms with Crippen molar-refractivity contribution in [3.8, 4) is 0 Å². The molecular formula is C20H14BrF3N2O2. The number of nitrogens with zero attached hydrogens (tertiary/aromatic N) is 1. The molecule has 0 aliphatic carbocycles. The summed E-state index contributed by atoms with van der Waals surface area (Å²) in [5, 5.41) is 2.82. The van der Waals surface area contributed by atoms with E-state index in [2.05, 4.69) is 21.2 Å². The van der Waals surface area contributed by atoms with Crippen LogP contribution < -0.4 is 10.7 Å². The fraction of sp³-hybridized carbons (Fsp3) is 0.200. The highest BCUT2D eigenvalue weighted by Crippen LogP contribution is 2.34. The quantitative estimate of drug-likeness (QED) is 0.586. The van der Waals surface area contributed by atoms with E-state index in [1.165, 1.54) is 18.3 Å². The molecule has 144 valence electrons. The number of pyridine rings is 1.